The Hall–Kier alpha value is -0.160. The van der Waals surface area contributed by atoms with E-state index in [1.54, 1.807) is 0 Å². The highest BCUT2D eigenvalue weighted by Gasteiger charge is 2.72. The van der Waals surface area contributed by atoms with Gasteiger partial charge in [0.05, 0.1) is 29.5 Å². The maximum absolute atomic E-state index is 12.0. The molecule has 34 heavy (non-hydrogen) atoms. The molecular formula is C30H52O4. The molecular weight excluding hydrogens is 424 g/mol. The minimum atomic E-state index is -0.811. The van der Waals surface area contributed by atoms with E-state index in [0.717, 1.165) is 51.4 Å². The predicted octanol–water partition coefficient (Wildman–Crippen LogP) is 5.71. The monoisotopic (exact) mass is 476 g/mol. The summed E-state index contributed by atoms with van der Waals surface area (Å²) in [5.41, 5.74) is -0.766. The van der Waals surface area contributed by atoms with Crippen molar-refractivity contribution in [2.24, 2.45) is 45.3 Å². The number of hydrogen-bond acceptors (Lipinski definition) is 4. The van der Waals surface area contributed by atoms with Crippen molar-refractivity contribution in [1.82, 2.24) is 0 Å². The third kappa shape index (κ3) is 3.16. The molecule has 3 unspecified atom stereocenters. The molecule has 4 aliphatic carbocycles. The van der Waals surface area contributed by atoms with Crippen molar-refractivity contribution >= 4 is 0 Å². The van der Waals surface area contributed by atoms with Crippen molar-refractivity contribution in [1.29, 1.82) is 0 Å². The first kappa shape index (κ1) is 25.5. The maximum Gasteiger partial charge on any atom is 0.0865 e. The molecule has 11 atom stereocenters. The van der Waals surface area contributed by atoms with Gasteiger partial charge in [-0.25, -0.2) is 0 Å². The van der Waals surface area contributed by atoms with Gasteiger partial charge in [-0.05, 0) is 124 Å². The van der Waals surface area contributed by atoms with Crippen LogP contribution in [-0.2, 0) is 4.74 Å². The molecule has 0 spiro atoms. The zero-order valence-corrected chi connectivity index (χ0v) is 23.2. The van der Waals surface area contributed by atoms with E-state index in [1.807, 2.05) is 13.8 Å². The summed E-state index contributed by atoms with van der Waals surface area (Å²) in [6, 6.07) is 0. The molecule has 1 heterocycles. The zero-order chi connectivity index (χ0) is 25.1. The third-order valence-corrected chi connectivity index (χ3v) is 13.2. The Morgan fingerprint density at radius 3 is 2.03 bits per heavy atom. The highest BCUT2D eigenvalue weighted by molar-refractivity contribution is 5.20. The van der Waals surface area contributed by atoms with E-state index in [4.69, 9.17) is 4.74 Å². The van der Waals surface area contributed by atoms with Gasteiger partial charge in [0.15, 0.2) is 0 Å². The van der Waals surface area contributed by atoms with E-state index in [9.17, 15) is 15.3 Å². The minimum absolute atomic E-state index is 0.0704. The van der Waals surface area contributed by atoms with Crippen molar-refractivity contribution in [2.75, 3.05) is 0 Å². The van der Waals surface area contributed by atoms with Gasteiger partial charge in [0.1, 0.15) is 0 Å². The summed E-state index contributed by atoms with van der Waals surface area (Å²) in [6.45, 7) is 18.1. The molecule has 1 saturated heterocycles. The fourth-order valence-corrected chi connectivity index (χ4v) is 11.2. The molecule has 0 amide bonds. The number of hydrogen-bond donors (Lipinski definition) is 3. The molecule has 3 N–H and O–H groups in total. The van der Waals surface area contributed by atoms with Gasteiger partial charge >= 0.3 is 0 Å². The van der Waals surface area contributed by atoms with E-state index in [0.29, 0.717) is 17.8 Å². The number of aliphatic hydroxyl groups is 3. The Bertz CT molecular complexity index is 817. The molecule has 0 aromatic rings. The second-order valence-corrected chi connectivity index (χ2v) is 15.5. The van der Waals surface area contributed by atoms with Gasteiger partial charge in [-0.3, -0.25) is 0 Å². The highest BCUT2D eigenvalue weighted by Crippen LogP contribution is 2.76. The van der Waals surface area contributed by atoms with Gasteiger partial charge < -0.3 is 20.1 Å². The third-order valence-electron chi connectivity index (χ3n) is 13.2. The molecule has 4 heteroatoms. The summed E-state index contributed by atoms with van der Waals surface area (Å²) in [6.07, 6.45) is 8.71. The standard InChI is InChI=1S/C30H52O4/c1-25(2)21-10-15-29(7)24(27(21,5)13-11-22(25)32)20(31)17-19-18(9-14-28(19,29)6)30(8)16-12-23(34-30)26(3,4)33/h18-24,31-33H,9-17H2,1-8H3/t18?,19-,20-,21?,22+,23+,24?,27+,28-,29-,30-/m1/s1. The smallest absolute Gasteiger partial charge is 0.0865 e. The van der Waals surface area contributed by atoms with Crippen LogP contribution in [0, 0.1) is 45.3 Å². The van der Waals surface area contributed by atoms with Crippen molar-refractivity contribution in [3.63, 3.8) is 0 Å². The average molecular weight is 477 g/mol. The first-order chi connectivity index (χ1) is 15.5. The van der Waals surface area contributed by atoms with Crippen molar-refractivity contribution < 1.29 is 20.1 Å². The lowest BCUT2D eigenvalue weighted by Crippen LogP contribution is -2.67. The van der Waals surface area contributed by atoms with Crippen LogP contribution in [0.4, 0.5) is 0 Å². The Morgan fingerprint density at radius 2 is 1.41 bits per heavy atom. The lowest BCUT2D eigenvalue weighted by molar-refractivity contribution is -0.257. The number of fused-ring (bicyclic) bond motifs is 5. The molecule has 5 aliphatic rings. The Kier molecular flexibility index (Phi) is 5.59. The number of rotatable bonds is 2. The Labute approximate surface area is 208 Å². The maximum atomic E-state index is 12.0. The first-order valence-corrected chi connectivity index (χ1v) is 14.3. The van der Waals surface area contributed by atoms with Crippen molar-refractivity contribution in [2.45, 2.75) is 143 Å². The van der Waals surface area contributed by atoms with E-state index in [1.165, 1.54) is 6.42 Å². The fourth-order valence-electron chi connectivity index (χ4n) is 11.2. The second-order valence-electron chi connectivity index (χ2n) is 15.5. The van der Waals surface area contributed by atoms with Crippen LogP contribution >= 0.6 is 0 Å². The molecule has 0 radical (unpaired) electrons. The lowest BCUT2D eigenvalue weighted by Gasteiger charge is -2.70. The number of aliphatic hydroxyl groups excluding tert-OH is 2. The summed E-state index contributed by atoms with van der Waals surface area (Å²) >= 11 is 0. The molecule has 0 aromatic heterocycles. The average Bonchev–Trinajstić information content (AvgIpc) is 3.27. The molecule has 4 nitrogen and oxygen atoms in total. The van der Waals surface area contributed by atoms with Gasteiger partial charge in [-0.2, -0.15) is 0 Å². The van der Waals surface area contributed by atoms with E-state index in [2.05, 4.69) is 41.5 Å². The van der Waals surface area contributed by atoms with Crippen LogP contribution in [0.3, 0.4) is 0 Å². The summed E-state index contributed by atoms with van der Waals surface area (Å²) in [5, 5.41) is 33.5. The fraction of sp³-hybridized carbons (Fsp3) is 1.00. The van der Waals surface area contributed by atoms with Crippen LogP contribution in [0.5, 0.6) is 0 Å². The van der Waals surface area contributed by atoms with Crippen LogP contribution < -0.4 is 0 Å². The Balaban J connectivity index is 1.48. The Morgan fingerprint density at radius 1 is 0.765 bits per heavy atom. The SMILES string of the molecule is CC(C)(O)[C@@H]1CC[C@](C)(C2CC[C@]3(C)[C@@H]2C[C@@H](O)C2[C@@]4(C)CC[C@H](O)C(C)(C)C4CC[C@]23C)O1. The molecule has 4 saturated carbocycles. The number of ether oxygens (including phenoxy) is 1. The van der Waals surface area contributed by atoms with Gasteiger partial charge in [0.2, 0.25) is 0 Å². The van der Waals surface area contributed by atoms with E-state index < -0.39 is 5.60 Å². The van der Waals surface area contributed by atoms with Crippen LogP contribution in [0.15, 0.2) is 0 Å². The summed E-state index contributed by atoms with van der Waals surface area (Å²) in [7, 11) is 0. The van der Waals surface area contributed by atoms with Gasteiger partial charge in [-0.15, -0.1) is 0 Å². The molecule has 0 bridgehead atoms. The highest BCUT2D eigenvalue weighted by atomic mass is 16.5. The van der Waals surface area contributed by atoms with Crippen molar-refractivity contribution in [3.8, 4) is 0 Å². The van der Waals surface area contributed by atoms with E-state index >= 15 is 0 Å². The quantitative estimate of drug-likeness (QED) is 0.477. The van der Waals surface area contributed by atoms with Crippen LogP contribution in [0.25, 0.3) is 0 Å². The lowest BCUT2D eigenvalue weighted by atomic mass is 9.35. The first-order valence-electron chi connectivity index (χ1n) is 14.3. The predicted molar refractivity (Wildman–Crippen MR) is 135 cm³/mol. The summed E-state index contributed by atoms with van der Waals surface area (Å²) in [5.74, 6) is 1.63. The second kappa shape index (κ2) is 7.45. The molecule has 5 fully saturated rings. The normalized spacial score (nSPS) is 57.1. The van der Waals surface area contributed by atoms with Crippen molar-refractivity contribution in [3.05, 3.63) is 0 Å². The van der Waals surface area contributed by atoms with Crippen LogP contribution in [0.2, 0.25) is 0 Å². The molecule has 0 aromatic carbocycles. The molecule has 1 aliphatic heterocycles. The zero-order valence-electron chi connectivity index (χ0n) is 23.2. The van der Waals surface area contributed by atoms with Gasteiger partial charge in [0, 0.05) is 0 Å². The minimum Gasteiger partial charge on any atom is -0.393 e. The van der Waals surface area contributed by atoms with E-state index in [-0.39, 0.29) is 51.5 Å². The molecule has 5 rings (SSSR count). The van der Waals surface area contributed by atoms with Gasteiger partial charge in [0.25, 0.3) is 0 Å². The molecule has 196 valence electrons. The van der Waals surface area contributed by atoms with Crippen LogP contribution in [-0.4, -0.2) is 44.8 Å². The summed E-state index contributed by atoms with van der Waals surface area (Å²) in [4.78, 5) is 0. The largest absolute Gasteiger partial charge is 0.393 e. The van der Waals surface area contributed by atoms with Crippen LogP contribution in [0.1, 0.15) is 113 Å². The summed E-state index contributed by atoms with van der Waals surface area (Å²) < 4.78 is 6.68. The van der Waals surface area contributed by atoms with Gasteiger partial charge in [-0.1, -0.05) is 34.6 Å². The topological polar surface area (TPSA) is 69.9 Å².